The zero-order chi connectivity index (χ0) is 74.4. The van der Waals surface area contributed by atoms with Gasteiger partial charge in [-0.1, -0.05) is 105 Å². The van der Waals surface area contributed by atoms with Gasteiger partial charge < -0.3 is 37.9 Å². The van der Waals surface area contributed by atoms with Crippen molar-refractivity contribution in [3.63, 3.8) is 0 Å². The van der Waals surface area contributed by atoms with E-state index in [2.05, 4.69) is 27.7 Å². The molecule has 0 heterocycles. The van der Waals surface area contributed by atoms with Gasteiger partial charge >= 0.3 is 48.5 Å². The van der Waals surface area contributed by atoms with Crippen molar-refractivity contribution >= 4 is 48.5 Å². The molecule has 4 saturated carbocycles. The predicted molar refractivity (Wildman–Crippen MR) is 382 cm³/mol. The van der Waals surface area contributed by atoms with Crippen molar-refractivity contribution in [3.8, 4) is 23.0 Å². The second-order valence-electron chi connectivity index (χ2n) is 27.9. The Bertz CT molecular complexity index is 2810. The molecule has 0 atom stereocenters. The Labute approximate surface area is 616 Å². The lowest BCUT2D eigenvalue weighted by atomic mass is 9.45. The normalized spacial score (nSPS) is 20.5. The van der Waals surface area contributed by atoms with Crippen LogP contribution in [0.25, 0.3) is 0 Å². The van der Waals surface area contributed by atoms with Gasteiger partial charge in [-0.2, -0.15) is 19.2 Å². The Morgan fingerprint density at radius 3 is 0.629 bits per heavy atom. The van der Waals surface area contributed by atoms with Crippen LogP contribution in [0, 0.1) is 29.1 Å². The SMILES string of the molecule is CCCCCCOc1ccc(C(=O)OOC(=O)OC2CCC(C(C3CCC(OC(=O)OOC(=O)c4ccc(OCCCCCC)cc4)CC3)(C3CCC(OC(=O)OOC(=O)c4ccc(OCCCCCC)cc4)CC3)C3CCC(OC(=O)OOC(=O)c4ccc(OCCCCCC)cc4)CC3)CC2)cc1. The lowest BCUT2D eigenvalue weighted by Gasteiger charge is -2.60. The quantitative estimate of drug-likeness (QED) is 0.0134. The molecule has 105 heavy (non-hydrogen) atoms. The third-order valence-corrected chi connectivity index (χ3v) is 20.7. The maximum Gasteiger partial charge on any atom is 0.550 e. The fourth-order valence-corrected chi connectivity index (χ4v) is 15.4. The van der Waals surface area contributed by atoms with Crippen molar-refractivity contribution in [1.29, 1.82) is 0 Å². The molecule has 4 aliphatic carbocycles. The topological polar surface area (TPSA) is 284 Å². The highest BCUT2D eigenvalue weighted by Crippen LogP contribution is 2.63. The smallest absolute Gasteiger partial charge is 0.494 e. The fourth-order valence-electron chi connectivity index (χ4n) is 15.4. The van der Waals surface area contributed by atoms with E-state index in [-0.39, 0.29) is 45.9 Å². The first-order valence-electron chi connectivity index (χ1n) is 38.5. The molecular weight excluding hydrogens is 1360 g/mol. The minimum absolute atomic E-state index is 0.0179. The lowest BCUT2D eigenvalue weighted by molar-refractivity contribution is -0.213. The molecule has 0 saturated heterocycles. The van der Waals surface area contributed by atoms with Crippen LogP contribution in [0.4, 0.5) is 19.2 Å². The average molecular weight is 1470 g/mol. The van der Waals surface area contributed by atoms with Crippen molar-refractivity contribution in [2.75, 3.05) is 26.4 Å². The van der Waals surface area contributed by atoms with Crippen molar-refractivity contribution in [2.24, 2.45) is 29.1 Å². The van der Waals surface area contributed by atoms with Crippen molar-refractivity contribution in [2.45, 2.75) is 258 Å². The Morgan fingerprint density at radius 2 is 0.448 bits per heavy atom. The Morgan fingerprint density at radius 1 is 0.257 bits per heavy atom. The number of rotatable bonds is 36. The van der Waals surface area contributed by atoms with Gasteiger partial charge in [0.05, 0.1) is 48.7 Å². The maximum absolute atomic E-state index is 13.3. The molecule has 24 nitrogen and oxygen atoms in total. The van der Waals surface area contributed by atoms with Gasteiger partial charge in [-0.25, -0.2) is 58.3 Å². The van der Waals surface area contributed by atoms with Crippen LogP contribution >= 0.6 is 0 Å². The first-order chi connectivity index (χ1) is 51.2. The highest BCUT2D eigenvalue weighted by Gasteiger charge is 2.57. The van der Waals surface area contributed by atoms with Gasteiger partial charge in [-0.15, -0.1) is 0 Å². The van der Waals surface area contributed by atoms with E-state index in [1.54, 1.807) is 48.5 Å². The fraction of sp³-hybridized carbons (Fsp3) is 0.605. The summed E-state index contributed by atoms with van der Waals surface area (Å²) in [6, 6.07) is 25.4. The zero-order valence-electron chi connectivity index (χ0n) is 61.6. The summed E-state index contributed by atoms with van der Waals surface area (Å²) in [7, 11) is 0. The highest BCUT2D eigenvalue weighted by atomic mass is 17.3. The maximum atomic E-state index is 13.3. The summed E-state index contributed by atoms with van der Waals surface area (Å²) >= 11 is 0. The summed E-state index contributed by atoms with van der Waals surface area (Å²) in [4.78, 5) is 145. The van der Waals surface area contributed by atoms with E-state index in [4.69, 9.17) is 77.0 Å². The number of benzene rings is 4. The summed E-state index contributed by atoms with van der Waals surface area (Å²) < 4.78 is 46.5. The zero-order valence-corrected chi connectivity index (χ0v) is 61.6. The molecule has 0 unspecified atom stereocenters. The number of hydrogen-bond acceptors (Lipinski definition) is 24. The van der Waals surface area contributed by atoms with Crippen molar-refractivity contribution in [3.05, 3.63) is 119 Å². The van der Waals surface area contributed by atoms with E-state index in [1.807, 2.05) is 0 Å². The van der Waals surface area contributed by atoms with Gasteiger partial charge in [0, 0.05) is 0 Å². The van der Waals surface area contributed by atoms with Crippen LogP contribution in [0.5, 0.6) is 23.0 Å². The molecule has 4 aliphatic rings. The molecule has 4 aromatic rings. The van der Waals surface area contributed by atoms with E-state index < -0.39 is 78.3 Å². The minimum Gasteiger partial charge on any atom is -0.494 e. The molecular formula is C81H108O24. The van der Waals surface area contributed by atoms with Crippen LogP contribution in [-0.2, 0) is 58.0 Å². The molecule has 24 heteroatoms. The van der Waals surface area contributed by atoms with Gasteiger partial charge in [-0.3, -0.25) is 0 Å². The van der Waals surface area contributed by atoms with Crippen LogP contribution in [0.3, 0.4) is 0 Å². The largest absolute Gasteiger partial charge is 0.550 e. The van der Waals surface area contributed by atoms with Gasteiger partial charge in [0.1, 0.15) is 47.4 Å². The summed E-state index contributed by atoms with van der Waals surface area (Å²) in [5, 5.41) is 0. The predicted octanol–water partition coefficient (Wildman–Crippen LogP) is 19.7. The standard InChI is InChI=1S/C81H108O24/c1-5-9-13-17-53-90-65-37-21-57(22-38-65)73(82)98-102-77(86)94-69-45-29-61(30-46-69)81(62-31-47-70(48-32-62)95-78(87)103-99-74(83)58-23-39-66(40-24-58)91-54-18-14-10-6-2,63-33-49-71(50-34-63)96-79(88)104-100-75(84)59-25-41-67(42-26-59)92-55-19-15-11-7-3)64-35-51-72(52-36-64)97-80(89)105-101-76(85)60-27-43-68(44-28-60)93-56-20-16-12-8-4/h21-28,37-44,61-64,69-72H,5-20,29-36,45-56H2,1-4H3. The summed E-state index contributed by atoms with van der Waals surface area (Å²) in [6.07, 6.45) is 18.2. The second-order valence-corrected chi connectivity index (χ2v) is 27.9. The summed E-state index contributed by atoms with van der Waals surface area (Å²) in [6.45, 7) is 10.7. The average Bonchev–Trinajstić information content (AvgIpc) is 0.732. The molecule has 0 amide bonds. The number of carbonyl (C=O) groups excluding carboxylic acids is 8. The first kappa shape index (κ1) is 81.7. The van der Waals surface area contributed by atoms with Gasteiger partial charge in [0.2, 0.25) is 0 Å². The molecule has 576 valence electrons. The lowest BCUT2D eigenvalue weighted by Crippen LogP contribution is -2.54. The Kier molecular flexibility index (Phi) is 34.8. The summed E-state index contributed by atoms with van der Waals surface area (Å²) in [5.74, 6) is -1.11. The molecule has 4 aromatic carbocycles. The van der Waals surface area contributed by atoms with Crippen LogP contribution in [0.1, 0.15) is 275 Å². The summed E-state index contributed by atoms with van der Waals surface area (Å²) in [5.41, 5.74) is 0.125. The van der Waals surface area contributed by atoms with Crippen LogP contribution in [0.2, 0.25) is 0 Å². The third-order valence-electron chi connectivity index (χ3n) is 20.7. The van der Waals surface area contributed by atoms with Gasteiger partial charge in [0.25, 0.3) is 0 Å². The highest BCUT2D eigenvalue weighted by molar-refractivity contribution is 5.91. The number of carbonyl (C=O) groups is 8. The van der Waals surface area contributed by atoms with Crippen LogP contribution < -0.4 is 18.9 Å². The molecule has 0 aromatic heterocycles. The molecule has 8 rings (SSSR count). The number of ether oxygens (including phenoxy) is 8. The van der Waals surface area contributed by atoms with Gasteiger partial charge in [-0.05, 0) is 255 Å². The van der Waals surface area contributed by atoms with E-state index in [9.17, 15) is 38.4 Å². The van der Waals surface area contributed by atoms with Gasteiger partial charge in [0.15, 0.2) is 0 Å². The number of unbranched alkanes of at least 4 members (excludes halogenated alkanes) is 12. The van der Waals surface area contributed by atoms with E-state index in [1.165, 1.54) is 48.5 Å². The van der Waals surface area contributed by atoms with E-state index in [0.717, 1.165) is 103 Å². The molecule has 0 bridgehead atoms. The minimum atomic E-state index is -1.16. The molecule has 4 fully saturated rings. The molecule has 0 radical (unpaired) electrons. The Hall–Kier alpha value is -8.96. The van der Waals surface area contributed by atoms with Crippen molar-refractivity contribution < 1.29 is 115 Å². The third kappa shape index (κ3) is 26.9. The monoisotopic (exact) mass is 1460 g/mol. The molecule has 0 spiro atoms. The van der Waals surface area contributed by atoms with Crippen molar-refractivity contribution in [1.82, 2.24) is 0 Å². The Balaban J connectivity index is 0.937. The first-order valence-corrected chi connectivity index (χ1v) is 38.5. The van der Waals surface area contributed by atoms with Crippen LogP contribution in [-0.4, -0.2) is 99.3 Å². The molecule has 0 N–H and O–H groups in total. The number of hydrogen-bond donors (Lipinski definition) is 0. The van der Waals surface area contributed by atoms with E-state index >= 15 is 0 Å². The van der Waals surface area contributed by atoms with Crippen LogP contribution in [0.15, 0.2) is 97.1 Å². The van der Waals surface area contributed by atoms with E-state index in [0.29, 0.717) is 152 Å². The molecule has 0 aliphatic heterocycles. The second kappa shape index (κ2) is 44.8.